The lowest BCUT2D eigenvalue weighted by atomic mass is 10.2. The number of ether oxygens (including phenoxy) is 1. The average molecular weight is 301 g/mol. The molecule has 0 saturated carbocycles. The van der Waals surface area contributed by atoms with Crippen LogP contribution in [0.5, 0.6) is 0 Å². The number of halogens is 1. The van der Waals surface area contributed by atoms with Gasteiger partial charge < -0.3 is 19.3 Å². The summed E-state index contributed by atoms with van der Waals surface area (Å²) in [7, 11) is 0. The molecule has 2 unspecified atom stereocenters. The van der Waals surface area contributed by atoms with E-state index in [0.29, 0.717) is 23.9 Å². The van der Waals surface area contributed by atoms with Gasteiger partial charge in [-0.2, -0.15) is 0 Å². The van der Waals surface area contributed by atoms with Crippen molar-refractivity contribution in [2.45, 2.75) is 39.0 Å². The van der Waals surface area contributed by atoms with Crippen LogP contribution in [-0.4, -0.2) is 52.4 Å². The van der Waals surface area contributed by atoms with E-state index in [1.54, 1.807) is 17.2 Å². The van der Waals surface area contributed by atoms with Crippen molar-refractivity contribution in [1.29, 1.82) is 0 Å². The first-order valence-electron chi connectivity index (χ1n) is 6.96. The third-order valence-corrected chi connectivity index (χ3v) is 3.72. The highest BCUT2D eigenvalue weighted by atomic mass is 35.5. The maximum Gasteiger partial charge on any atom is 0.270 e. The van der Waals surface area contributed by atoms with E-state index in [1.165, 1.54) is 0 Å². The maximum atomic E-state index is 12.7. The number of aliphatic hydroxyl groups is 1. The van der Waals surface area contributed by atoms with Crippen LogP contribution < -0.4 is 0 Å². The number of aryl methyl sites for hydroxylation is 1. The summed E-state index contributed by atoms with van der Waals surface area (Å²) in [6, 6.07) is 1.70. The molecule has 1 aliphatic rings. The molecule has 1 aliphatic heterocycles. The van der Waals surface area contributed by atoms with Gasteiger partial charge in [-0.15, -0.1) is 0 Å². The van der Waals surface area contributed by atoms with E-state index in [-0.39, 0.29) is 24.7 Å². The van der Waals surface area contributed by atoms with Gasteiger partial charge in [0.15, 0.2) is 0 Å². The van der Waals surface area contributed by atoms with E-state index in [1.807, 2.05) is 11.5 Å². The van der Waals surface area contributed by atoms with E-state index in [9.17, 15) is 9.90 Å². The molecule has 0 aromatic carbocycles. The number of nitrogens with zero attached hydrogens (tertiary/aromatic N) is 2. The minimum Gasteiger partial charge on any atom is -0.394 e. The van der Waals surface area contributed by atoms with Gasteiger partial charge in [-0.25, -0.2) is 0 Å². The highest BCUT2D eigenvalue weighted by Crippen LogP contribution is 2.20. The molecular formula is C14H21ClN2O3. The second-order valence-corrected chi connectivity index (χ2v) is 5.62. The van der Waals surface area contributed by atoms with Crippen LogP contribution in [0.25, 0.3) is 0 Å². The molecule has 1 N–H and O–H groups in total. The smallest absolute Gasteiger partial charge is 0.270 e. The van der Waals surface area contributed by atoms with Crippen molar-refractivity contribution >= 4 is 17.5 Å². The minimum atomic E-state index is -0.305. The highest BCUT2D eigenvalue weighted by Gasteiger charge is 2.31. The van der Waals surface area contributed by atoms with Crippen LogP contribution in [0.3, 0.4) is 0 Å². The van der Waals surface area contributed by atoms with Crippen LogP contribution >= 0.6 is 11.6 Å². The largest absolute Gasteiger partial charge is 0.394 e. The predicted molar refractivity (Wildman–Crippen MR) is 77.1 cm³/mol. The number of aromatic nitrogens is 1. The van der Waals surface area contributed by atoms with Crippen molar-refractivity contribution < 1.29 is 14.6 Å². The first kappa shape index (κ1) is 15.4. The summed E-state index contributed by atoms with van der Waals surface area (Å²) in [5.74, 6) is -0.0559. The lowest BCUT2D eigenvalue weighted by molar-refractivity contribution is -0.0669. The quantitative estimate of drug-likeness (QED) is 0.922. The van der Waals surface area contributed by atoms with Crippen LogP contribution in [0.1, 0.15) is 30.8 Å². The second kappa shape index (κ2) is 6.61. The molecule has 2 heterocycles. The maximum absolute atomic E-state index is 12.7. The molecular weight excluding hydrogens is 280 g/mol. The fraction of sp³-hybridized carbons (Fsp3) is 0.643. The molecule has 6 heteroatoms. The summed E-state index contributed by atoms with van der Waals surface area (Å²) in [6.07, 6.45) is 2.41. The minimum absolute atomic E-state index is 0.00551. The van der Waals surface area contributed by atoms with Crippen LogP contribution in [0, 0.1) is 0 Å². The Hall–Kier alpha value is -1.04. The van der Waals surface area contributed by atoms with Gasteiger partial charge in [-0.05, 0) is 19.4 Å². The Bertz CT molecular complexity index is 475. The summed E-state index contributed by atoms with van der Waals surface area (Å²) in [5.41, 5.74) is 0.599. The number of amides is 1. The van der Waals surface area contributed by atoms with Crippen molar-refractivity contribution in [3.05, 3.63) is 23.0 Å². The van der Waals surface area contributed by atoms with Crippen LogP contribution in [0.4, 0.5) is 0 Å². The standard InChI is InChI=1S/C14H21ClN2O3/c1-3-4-16-6-11(15)5-13(16)14(19)17-7-12(8-18)20-9-10(17)2/h5-6,10,12,18H,3-4,7-9H2,1-2H3. The first-order valence-corrected chi connectivity index (χ1v) is 7.33. The zero-order valence-electron chi connectivity index (χ0n) is 11.9. The summed E-state index contributed by atoms with van der Waals surface area (Å²) >= 11 is 6.02. The monoisotopic (exact) mass is 300 g/mol. The van der Waals surface area contributed by atoms with Gasteiger partial charge in [0.25, 0.3) is 5.91 Å². The third kappa shape index (κ3) is 3.16. The van der Waals surface area contributed by atoms with Gasteiger partial charge >= 0.3 is 0 Å². The fourth-order valence-electron chi connectivity index (χ4n) is 2.44. The van der Waals surface area contributed by atoms with E-state index >= 15 is 0 Å². The first-order chi connectivity index (χ1) is 9.56. The molecule has 1 saturated heterocycles. The Kier molecular flexibility index (Phi) is 5.07. The molecule has 2 atom stereocenters. The predicted octanol–water partition coefficient (Wildman–Crippen LogP) is 1.77. The van der Waals surface area contributed by atoms with Gasteiger partial charge in [-0.3, -0.25) is 4.79 Å². The Labute approximate surface area is 124 Å². The molecule has 0 aliphatic carbocycles. The van der Waals surface area contributed by atoms with Gasteiger partial charge in [0.05, 0.1) is 30.4 Å². The lowest BCUT2D eigenvalue weighted by Gasteiger charge is -2.37. The van der Waals surface area contributed by atoms with Crippen molar-refractivity contribution in [2.24, 2.45) is 0 Å². The average Bonchev–Trinajstić information content (AvgIpc) is 2.80. The number of rotatable bonds is 4. The number of morpholine rings is 1. The molecule has 0 spiro atoms. The lowest BCUT2D eigenvalue weighted by Crippen LogP contribution is -2.52. The molecule has 1 aromatic heterocycles. The Morgan fingerprint density at radius 3 is 3.00 bits per heavy atom. The number of carbonyl (C=O) groups excluding carboxylic acids is 1. The topological polar surface area (TPSA) is 54.7 Å². The Morgan fingerprint density at radius 2 is 2.35 bits per heavy atom. The van der Waals surface area contributed by atoms with Crippen molar-refractivity contribution in [3.8, 4) is 0 Å². The zero-order chi connectivity index (χ0) is 14.7. The molecule has 2 rings (SSSR count). The number of carbonyl (C=O) groups is 1. The third-order valence-electron chi connectivity index (χ3n) is 3.52. The van der Waals surface area contributed by atoms with Crippen LogP contribution in [0.15, 0.2) is 12.3 Å². The fourth-order valence-corrected chi connectivity index (χ4v) is 2.66. The van der Waals surface area contributed by atoms with Crippen molar-refractivity contribution in [1.82, 2.24) is 9.47 Å². The molecule has 112 valence electrons. The summed E-state index contributed by atoms with van der Waals surface area (Å²) < 4.78 is 7.35. The number of hydrogen-bond donors (Lipinski definition) is 1. The van der Waals surface area contributed by atoms with Gasteiger partial charge in [-0.1, -0.05) is 18.5 Å². The van der Waals surface area contributed by atoms with Crippen LogP contribution in [-0.2, 0) is 11.3 Å². The molecule has 1 aromatic rings. The summed E-state index contributed by atoms with van der Waals surface area (Å²) in [5, 5.41) is 9.77. The summed E-state index contributed by atoms with van der Waals surface area (Å²) in [6.45, 7) is 5.54. The molecule has 5 nitrogen and oxygen atoms in total. The Morgan fingerprint density at radius 1 is 1.60 bits per heavy atom. The normalized spacial score (nSPS) is 23.1. The zero-order valence-corrected chi connectivity index (χ0v) is 12.6. The van der Waals surface area contributed by atoms with Gasteiger partial charge in [0, 0.05) is 19.3 Å². The summed E-state index contributed by atoms with van der Waals surface area (Å²) in [4.78, 5) is 14.4. The molecule has 20 heavy (non-hydrogen) atoms. The molecule has 1 fully saturated rings. The van der Waals surface area contributed by atoms with Crippen molar-refractivity contribution in [2.75, 3.05) is 19.8 Å². The molecule has 0 bridgehead atoms. The highest BCUT2D eigenvalue weighted by molar-refractivity contribution is 6.31. The molecule has 1 amide bonds. The van der Waals surface area contributed by atoms with E-state index < -0.39 is 0 Å². The van der Waals surface area contributed by atoms with E-state index in [2.05, 4.69) is 6.92 Å². The van der Waals surface area contributed by atoms with E-state index in [0.717, 1.165) is 13.0 Å². The van der Waals surface area contributed by atoms with Crippen molar-refractivity contribution in [3.63, 3.8) is 0 Å². The van der Waals surface area contributed by atoms with Crippen LogP contribution in [0.2, 0.25) is 5.02 Å². The second-order valence-electron chi connectivity index (χ2n) is 5.18. The molecule has 0 radical (unpaired) electrons. The SMILES string of the molecule is CCCn1cc(Cl)cc1C(=O)N1CC(CO)OCC1C. The number of aliphatic hydroxyl groups excluding tert-OH is 1. The van der Waals surface area contributed by atoms with Gasteiger partial charge in [0.1, 0.15) is 5.69 Å². The van der Waals surface area contributed by atoms with E-state index in [4.69, 9.17) is 16.3 Å². The number of hydrogen-bond acceptors (Lipinski definition) is 3. The Balaban J connectivity index is 2.21. The van der Waals surface area contributed by atoms with Gasteiger partial charge in [0.2, 0.25) is 0 Å².